The summed E-state index contributed by atoms with van der Waals surface area (Å²) >= 11 is 1.43. The zero-order valence-corrected chi connectivity index (χ0v) is 17.2. The van der Waals surface area contributed by atoms with E-state index in [1.165, 1.54) is 11.3 Å². The summed E-state index contributed by atoms with van der Waals surface area (Å²) in [4.78, 5) is 27.2. The van der Waals surface area contributed by atoms with Crippen molar-refractivity contribution in [3.63, 3.8) is 0 Å². The quantitative estimate of drug-likeness (QED) is 0.316. The minimum Gasteiger partial charge on any atom is -0.350 e. The van der Waals surface area contributed by atoms with Crippen molar-refractivity contribution in [2.45, 2.75) is 39.3 Å². The molecule has 148 valence electrons. The molecule has 1 N–H and O–H groups in total. The van der Waals surface area contributed by atoms with Crippen LogP contribution in [0.1, 0.15) is 47.1 Å². The van der Waals surface area contributed by atoms with Crippen molar-refractivity contribution in [2.75, 3.05) is 5.32 Å². The fraction of sp³-hybridized carbons (Fsp3) is 0.273. The maximum atomic E-state index is 13.1. The first kappa shape index (κ1) is 19.3. The molecular formula is C22H23N5OS. The normalized spacial score (nSPS) is 11.1. The Bertz CT molecular complexity index is 1090. The van der Waals surface area contributed by atoms with E-state index in [4.69, 9.17) is 4.98 Å². The Morgan fingerprint density at radius 2 is 2.10 bits per heavy atom. The zero-order valence-electron chi connectivity index (χ0n) is 16.3. The highest BCUT2D eigenvalue weighted by atomic mass is 32.1. The lowest BCUT2D eigenvalue weighted by Crippen LogP contribution is -2.11. The van der Waals surface area contributed by atoms with Crippen LogP contribution >= 0.6 is 11.3 Å². The standard InChI is InChI=1S/C22H23N5OS/c1-2-3-4-11-27-12-9-17-19(20(28)18-8-6-13-29-18)25-22(26-21(17)27)24-15-16-7-5-10-23-14-16/h5-10,12-14H,2-4,11,15H2,1H3,(H,24,25,26). The number of aryl methyl sites for hydroxylation is 1. The maximum absolute atomic E-state index is 13.1. The van der Waals surface area contributed by atoms with Crippen LogP contribution in [0.15, 0.2) is 54.3 Å². The van der Waals surface area contributed by atoms with Gasteiger partial charge in [-0.15, -0.1) is 11.3 Å². The van der Waals surface area contributed by atoms with Gasteiger partial charge in [0.2, 0.25) is 11.7 Å². The third kappa shape index (κ3) is 4.35. The lowest BCUT2D eigenvalue weighted by Gasteiger charge is -2.10. The van der Waals surface area contributed by atoms with Gasteiger partial charge in [-0.3, -0.25) is 9.78 Å². The predicted molar refractivity (Wildman–Crippen MR) is 116 cm³/mol. The third-order valence-corrected chi connectivity index (χ3v) is 5.62. The number of thiophene rings is 1. The number of ketones is 1. The number of carbonyl (C=O) groups excluding carboxylic acids is 1. The highest BCUT2D eigenvalue weighted by Crippen LogP contribution is 2.24. The summed E-state index contributed by atoms with van der Waals surface area (Å²) in [6.45, 7) is 3.61. The number of nitrogens with one attached hydrogen (secondary N) is 1. The average Bonchev–Trinajstić information content (AvgIpc) is 3.43. The summed E-state index contributed by atoms with van der Waals surface area (Å²) in [5.74, 6) is 0.389. The monoisotopic (exact) mass is 405 g/mol. The largest absolute Gasteiger partial charge is 0.350 e. The number of hydrogen-bond donors (Lipinski definition) is 1. The van der Waals surface area contributed by atoms with Crippen molar-refractivity contribution in [3.8, 4) is 0 Å². The molecule has 0 saturated carbocycles. The molecule has 4 heterocycles. The Morgan fingerprint density at radius 3 is 2.86 bits per heavy atom. The fourth-order valence-corrected chi connectivity index (χ4v) is 3.90. The average molecular weight is 406 g/mol. The second-order valence-corrected chi connectivity index (χ2v) is 7.82. The van der Waals surface area contributed by atoms with Gasteiger partial charge in [-0.05, 0) is 35.6 Å². The molecule has 0 aromatic carbocycles. The second-order valence-electron chi connectivity index (χ2n) is 6.87. The van der Waals surface area contributed by atoms with E-state index in [1.807, 2.05) is 41.9 Å². The van der Waals surface area contributed by atoms with Crippen molar-refractivity contribution in [1.82, 2.24) is 19.5 Å². The molecule has 4 aromatic rings. The molecule has 0 fully saturated rings. The number of nitrogens with zero attached hydrogens (tertiary/aromatic N) is 4. The number of fused-ring (bicyclic) bond motifs is 1. The molecule has 0 radical (unpaired) electrons. The molecule has 29 heavy (non-hydrogen) atoms. The zero-order chi connectivity index (χ0) is 20.1. The number of hydrogen-bond acceptors (Lipinski definition) is 6. The Labute approximate surface area is 173 Å². The van der Waals surface area contributed by atoms with Crippen LogP contribution < -0.4 is 5.32 Å². The molecule has 6 nitrogen and oxygen atoms in total. The number of anilines is 1. The van der Waals surface area contributed by atoms with Crippen LogP contribution in [0.5, 0.6) is 0 Å². The van der Waals surface area contributed by atoms with E-state index < -0.39 is 0 Å². The van der Waals surface area contributed by atoms with Gasteiger partial charge >= 0.3 is 0 Å². The molecule has 0 atom stereocenters. The van der Waals surface area contributed by atoms with E-state index in [1.54, 1.807) is 12.4 Å². The first-order valence-electron chi connectivity index (χ1n) is 9.84. The van der Waals surface area contributed by atoms with Crippen LogP contribution in [0.25, 0.3) is 11.0 Å². The summed E-state index contributed by atoms with van der Waals surface area (Å²) in [6.07, 6.45) is 8.96. The van der Waals surface area contributed by atoms with Crippen molar-refractivity contribution in [1.29, 1.82) is 0 Å². The summed E-state index contributed by atoms with van der Waals surface area (Å²) in [7, 11) is 0. The van der Waals surface area contributed by atoms with Gasteiger partial charge in [0.05, 0.1) is 4.88 Å². The number of rotatable bonds is 9. The van der Waals surface area contributed by atoms with Crippen LogP contribution in [0.2, 0.25) is 0 Å². The Morgan fingerprint density at radius 1 is 1.17 bits per heavy atom. The van der Waals surface area contributed by atoms with Crippen molar-refractivity contribution < 1.29 is 4.79 Å². The molecule has 0 aliphatic rings. The third-order valence-electron chi connectivity index (χ3n) is 4.75. The van der Waals surface area contributed by atoms with Gasteiger partial charge < -0.3 is 9.88 Å². The Kier molecular flexibility index (Phi) is 5.95. The van der Waals surface area contributed by atoms with E-state index in [2.05, 4.69) is 26.8 Å². The summed E-state index contributed by atoms with van der Waals surface area (Å²) < 4.78 is 2.12. The lowest BCUT2D eigenvalue weighted by molar-refractivity contribution is 0.103. The van der Waals surface area contributed by atoms with Crippen molar-refractivity contribution >= 4 is 34.1 Å². The first-order valence-corrected chi connectivity index (χ1v) is 10.7. The molecule has 0 aliphatic carbocycles. The van der Waals surface area contributed by atoms with Crippen molar-refractivity contribution in [3.05, 3.63) is 70.4 Å². The van der Waals surface area contributed by atoms with Crippen LogP contribution in [0.4, 0.5) is 5.95 Å². The number of pyridine rings is 1. The second kappa shape index (κ2) is 8.96. The molecule has 0 saturated heterocycles. The van der Waals surface area contributed by atoms with Gasteiger partial charge in [-0.1, -0.05) is 31.9 Å². The fourth-order valence-electron chi connectivity index (χ4n) is 3.24. The van der Waals surface area contributed by atoms with E-state index in [0.29, 0.717) is 23.1 Å². The van der Waals surface area contributed by atoms with E-state index in [9.17, 15) is 4.79 Å². The Balaban J connectivity index is 1.70. The number of carbonyl (C=O) groups is 1. The van der Waals surface area contributed by atoms with Gasteiger partial charge in [0.1, 0.15) is 11.3 Å². The maximum Gasteiger partial charge on any atom is 0.225 e. The molecule has 0 amide bonds. The Hall–Kier alpha value is -3.06. The van der Waals surface area contributed by atoms with E-state index in [-0.39, 0.29) is 5.78 Å². The lowest BCUT2D eigenvalue weighted by atomic mass is 10.2. The number of unbranched alkanes of at least 4 members (excludes halogenated alkanes) is 2. The minimum absolute atomic E-state index is 0.0665. The summed E-state index contributed by atoms with van der Waals surface area (Å²) in [5.41, 5.74) is 2.27. The van der Waals surface area contributed by atoms with E-state index >= 15 is 0 Å². The molecule has 0 bridgehead atoms. The van der Waals surface area contributed by atoms with Gasteiger partial charge in [-0.25, -0.2) is 4.98 Å². The van der Waals surface area contributed by atoms with Crippen LogP contribution in [0, 0.1) is 0 Å². The van der Waals surface area contributed by atoms with Gasteiger partial charge in [0.15, 0.2) is 0 Å². The molecule has 0 spiro atoms. The van der Waals surface area contributed by atoms with Crippen LogP contribution in [-0.4, -0.2) is 25.3 Å². The summed E-state index contributed by atoms with van der Waals surface area (Å²) in [6, 6.07) is 9.55. The van der Waals surface area contributed by atoms with Crippen LogP contribution in [0.3, 0.4) is 0 Å². The number of aromatic nitrogens is 4. The SMILES string of the molecule is CCCCCn1ccc2c(C(=O)c3cccs3)nc(NCc3cccnc3)nc21. The predicted octanol–water partition coefficient (Wildman–Crippen LogP) is 4.92. The van der Waals surface area contributed by atoms with Gasteiger partial charge in [0.25, 0.3) is 0 Å². The molecule has 4 aromatic heterocycles. The molecule has 7 heteroatoms. The van der Waals surface area contributed by atoms with E-state index in [0.717, 1.165) is 42.4 Å². The first-order chi connectivity index (χ1) is 14.3. The highest BCUT2D eigenvalue weighted by Gasteiger charge is 2.19. The molecular weight excluding hydrogens is 382 g/mol. The molecule has 4 rings (SSSR count). The topological polar surface area (TPSA) is 72.7 Å². The molecule has 0 aliphatic heterocycles. The van der Waals surface area contributed by atoms with Crippen molar-refractivity contribution in [2.24, 2.45) is 0 Å². The van der Waals surface area contributed by atoms with Crippen LogP contribution in [-0.2, 0) is 13.1 Å². The molecule has 0 unspecified atom stereocenters. The smallest absolute Gasteiger partial charge is 0.225 e. The summed E-state index contributed by atoms with van der Waals surface area (Å²) in [5, 5.41) is 5.96. The highest BCUT2D eigenvalue weighted by molar-refractivity contribution is 7.12. The minimum atomic E-state index is -0.0665. The van der Waals surface area contributed by atoms with Gasteiger partial charge in [0, 0.05) is 37.1 Å². The van der Waals surface area contributed by atoms with Gasteiger partial charge in [-0.2, -0.15) is 4.98 Å².